The van der Waals surface area contributed by atoms with E-state index in [2.05, 4.69) is 22.8 Å². The van der Waals surface area contributed by atoms with Crippen LogP contribution in [0.4, 0.5) is 5.69 Å². The molecule has 4 rings (SSSR count). The number of nitrogens with one attached hydrogen (secondary N) is 2. The maximum Gasteiger partial charge on any atom is 0.255 e. The zero-order chi connectivity index (χ0) is 23.9. The van der Waals surface area contributed by atoms with Gasteiger partial charge in [-0.1, -0.05) is 60.3 Å². The molecule has 1 amide bonds. The van der Waals surface area contributed by atoms with Gasteiger partial charge in [0.15, 0.2) is 5.17 Å². The number of carbonyl (C=O) groups excluding carboxylic acids is 1. The van der Waals surface area contributed by atoms with Crippen LogP contribution in [-0.2, 0) is 10.5 Å². The van der Waals surface area contributed by atoms with E-state index in [0.717, 1.165) is 27.9 Å². The van der Waals surface area contributed by atoms with E-state index in [0.29, 0.717) is 17.1 Å². The van der Waals surface area contributed by atoms with E-state index in [1.807, 2.05) is 73.7 Å². The summed E-state index contributed by atoms with van der Waals surface area (Å²) < 4.78 is 11.0. The summed E-state index contributed by atoms with van der Waals surface area (Å²) in [5, 5.41) is 7.08. The number of amides is 1. The number of hydrogen-bond donors (Lipinski definition) is 2. The average molecular weight is 474 g/mol. The first kappa shape index (κ1) is 23.4. The maximum absolute atomic E-state index is 13.4. The molecule has 7 heteroatoms. The maximum atomic E-state index is 13.4. The molecule has 0 fully saturated rings. The number of hydrogen-bond acceptors (Lipinski definition) is 6. The van der Waals surface area contributed by atoms with Gasteiger partial charge in [0.05, 0.1) is 19.8 Å². The largest absolute Gasteiger partial charge is 0.497 e. The van der Waals surface area contributed by atoms with Crippen LogP contribution in [0.3, 0.4) is 0 Å². The number of amidine groups is 1. The van der Waals surface area contributed by atoms with E-state index < -0.39 is 6.04 Å². The van der Waals surface area contributed by atoms with E-state index in [1.54, 1.807) is 26.0 Å². The predicted molar refractivity (Wildman–Crippen MR) is 138 cm³/mol. The highest BCUT2D eigenvalue weighted by atomic mass is 32.2. The third-order valence-corrected chi connectivity index (χ3v) is 6.41. The van der Waals surface area contributed by atoms with E-state index in [-0.39, 0.29) is 5.91 Å². The van der Waals surface area contributed by atoms with Crippen LogP contribution in [0.2, 0.25) is 0 Å². The molecule has 2 N–H and O–H groups in total. The Bertz CT molecular complexity index is 1210. The van der Waals surface area contributed by atoms with E-state index in [4.69, 9.17) is 14.5 Å². The standard InChI is InChI=1S/C27H27N3O3S/c1-18-24(26(31)29-20-12-8-5-9-13-20)25(22-15-14-21(32-2)16-23(22)33-3)30-27(28-18)34-17-19-10-6-4-7-11-19/h4-16,25H,17H2,1-3H3,(H,28,30)(H,29,31)/t25-/m0/s1. The molecule has 1 heterocycles. The lowest BCUT2D eigenvalue weighted by atomic mass is 9.95. The smallest absolute Gasteiger partial charge is 0.255 e. The van der Waals surface area contributed by atoms with Gasteiger partial charge < -0.3 is 20.1 Å². The number of thioether (sulfide) groups is 1. The van der Waals surface area contributed by atoms with Gasteiger partial charge in [0.2, 0.25) is 0 Å². The molecule has 174 valence electrons. The minimum Gasteiger partial charge on any atom is -0.497 e. The van der Waals surface area contributed by atoms with Gasteiger partial charge in [-0.25, -0.2) is 4.99 Å². The molecule has 0 unspecified atom stereocenters. The van der Waals surface area contributed by atoms with Crippen molar-refractivity contribution in [1.82, 2.24) is 5.32 Å². The molecule has 1 atom stereocenters. The van der Waals surface area contributed by atoms with Crippen molar-refractivity contribution in [2.24, 2.45) is 4.99 Å². The zero-order valence-corrected chi connectivity index (χ0v) is 20.2. The number of ether oxygens (including phenoxy) is 2. The predicted octanol–water partition coefficient (Wildman–Crippen LogP) is 5.55. The Balaban J connectivity index is 1.69. The molecule has 34 heavy (non-hydrogen) atoms. The van der Waals surface area contributed by atoms with E-state index in [1.165, 1.54) is 5.56 Å². The first-order valence-electron chi connectivity index (χ1n) is 10.9. The van der Waals surface area contributed by atoms with E-state index in [9.17, 15) is 4.79 Å². The molecule has 0 saturated carbocycles. The number of rotatable bonds is 7. The van der Waals surface area contributed by atoms with Gasteiger partial charge in [-0.3, -0.25) is 4.79 Å². The zero-order valence-electron chi connectivity index (χ0n) is 19.4. The highest BCUT2D eigenvalue weighted by Gasteiger charge is 2.31. The van der Waals surface area contributed by atoms with Crippen molar-refractivity contribution in [2.45, 2.75) is 18.7 Å². The van der Waals surface area contributed by atoms with Gasteiger partial charge in [0.1, 0.15) is 17.5 Å². The molecule has 0 radical (unpaired) electrons. The number of methoxy groups -OCH3 is 2. The molecule has 0 saturated heterocycles. The monoisotopic (exact) mass is 473 g/mol. The number of carbonyl (C=O) groups is 1. The van der Waals surface area contributed by atoms with Gasteiger partial charge in [-0.15, -0.1) is 0 Å². The fourth-order valence-electron chi connectivity index (χ4n) is 3.73. The fourth-order valence-corrected chi connectivity index (χ4v) is 4.63. The number of nitrogens with zero attached hydrogens (tertiary/aromatic N) is 1. The summed E-state index contributed by atoms with van der Waals surface area (Å²) in [6.07, 6.45) is 0. The van der Waals surface area contributed by atoms with Crippen molar-refractivity contribution in [3.8, 4) is 11.5 Å². The van der Waals surface area contributed by atoms with Gasteiger partial charge in [0, 0.05) is 28.8 Å². The SMILES string of the molecule is COc1ccc([C@@H]2N=C(SCc3ccccc3)NC(C)=C2C(=O)Nc2ccccc2)c(OC)c1. The topological polar surface area (TPSA) is 72.0 Å². The second-order valence-electron chi connectivity index (χ2n) is 7.70. The van der Waals surface area contributed by atoms with Gasteiger partial charge in [-0.2, -0.15) is 0 Å². The van der Waals surface area contributed by atoms with Crippen LogP contribution >= 0.6 is 11.8 Å². The summed E-state index contributed by atoms with van der Waals surface area (Å²) in [5.74, 6) is 1.83. The molecule has 6 nitrogen and oxygen atoms in total. The molecule has 3 aromatic rings. The summed E-state index contributed by atoms with van der Waals surface area (Å²) in [6, 6.07) is 24.6. The molecule has 0 spiro atoms. The molecular weight excluding hydrogens is 446 g/mol. The highest BCUT2D eigenvalue weighted by molar-refractivity contribution is 8.13. The summed E-state index contributed by atoms with van der Waals surface area (Å²) in [5.41, 5.74) is 4.00. The second-order valence-corrected chi connectivity index (χ2v) is 8.67. The van der Waals surface area contributed by atoms with Crippen LogP contribution in [0, 0.1) is 0 Å². The quantitative estimate of drug-likeness (QED) is 0.471. The lowest BCUT2D eigenvalue weighted by molar-refractivity contribution is -0.113. The van der Waals surface area contributed by atoms with Gasteiger partial charge in [-0.05, 0) is 36.8 Å². The van der Waals surface area contributed by atoms with Crippen molar-refractivity contribution >= 4 is 28.5 Å². The third kappa shape index (κ3) is 5.43. The normalized spacial score (nSPS) is 15.3. The number of allylic oxidation sites excluding steroid dienone is 1. The van der Waals surface area contributed by atoms with Crippen molar-refractivity contribution in [1.29, 1.82) is 0 Å². The Morgan fingerprint density at radius 3 is 2.38 bits per heavy atom. The molecule has 0 bridgehead atoms. The van der Waals surface area contributed by atoms with Crippen LogP contribution in [0.25, 0.3) is 0 Å². The first-order valence-corrected chi connectivity index (χ1v) is 11.9. The van der Waals surface area contributed by atoms with Crippen LogP contribution in [0.15, 0.2) is 95.1 Å². The van der Waals surface area contributed by atoms with Crippen LogP contribution in [0.1, 0.15) is 24.1 Å². The Hall–Kier alpha value is -3.71. The summed E-state index contributed by atoms with van der Waals surface area (Å²) in [4.78, 5) is 18.4. The van der Waals surface area contributed by atoms with Crippen molar-refractivity contribution in [3.05, 3.63) is 101 Å². The Labute approximate surface area is 204 Å². The molecule has 0 aliphatic carbocycles. The molecular formula is C27H27N3O3S. The number of benzene rings is 3. The summed E-state index contributed by atoms with van der Waals surface area (Å²) >= 11 is 1.60. The highest BCUT2D eigenvalue weighted by Crippen LogP contribution is 2.39. The van der Waals surface area contributed by atoms with Crippen molar-refractivity contribution in [2.75, 3.05) is 19.5 Å². The fraction of sp³-hybridized carbons (Fsp3) is 0.185. The minimum atomic E-state index is -0.538. The molecule has 1 aliphatic heterocycles. The van der Waals surface area contributed by atoms with Crippen LogP contribution < -0.4 is 20.1 Å². The first-order chi connectivity index (χ1) is 16.6. The average Bonchev–Trinajstić information content (AvgIpc) is 2.87. The lowest BCUT2D eigenvalue weighted by Gasteiger charge is -2.27. The Kier molecular flexibility index (Phi) is 7.54. The van der Waals surface area contributed by atoms with Crippen molar-refractivity contribution < 1.29 is 14.3 Å². The van der Waals surface area contributed by atoms with E-state index >= 15 is 0 Å². The molecule has 0 aromatic heterocycles. The molecule has 3 aromatic carbocycles. The number of anilines is 1. The lowest BCUT2D eigenvalue weighted by Crippen LogP contribution is -2.32. The van der Waals surface area contributed by atoms with Crippen LogP contribution in [0.5, 0.6) is 11.5 Å². The summed E-state index contributed by atoms with van der Waals surface area (Å²) in [7, 11) is 3.21. The number of aliphatic imine (C=N–C) groups is 1. The second kappa shape index (κ2) is 10.9. The minimum absolute atomic E-state index is 0.213. The third-order valence-electron chi connectivity index (χ3n) is 5.45. The van der Waals surface area contributed by atoms with Crippen molar-refractivity contribution in [3.63, 3.8) is 0 Å². The molecule has 1 aliphatic rings. The van der Waals surface area contributed by atoms with Gasteiger partial charge >= 0.3 is 0 Å². The Morgan fingerprint density at radius 1 is 1.00 bits per heavy atom. The Morgan fingerprint density at radius 2 is 1.71 bits per heavy atom. The summed E-state index contributed by atoms with van der Waals surface area (Å²) in [6.45, 7) is 1.90. The van der Waals surface area contributed by atoms with Crippen LogP contribution in [-0.4, -0.2) is 25.3 Å². The van der Waals surface area contributed by atoms with Gasteiger partial charge in [0.25, 0.3) is 5.91 Å². The number of para-hydroxylation sites is 1.